The molecule has 0 radical (unpaired) electrons. The van der Waals surface area contributed by atoms with Crippen LogP contribution in [0.2, 0.25) is 0 Å². The van der Waals surface area contributed by atoms with Gasteiger partial charge in [-0.05, 0) is 58.1 Å². The lowest BCUT2D eigenvalue weighted by atomic mass is 9.60. The number of pyridine rings is 1. The number of piperidine rings is 1. The van der Waals surface area contributed by atoms with Crippen molar-refractivity contribution >= 4 is 11.8 Å². The van der Waals surface area contributed by atoms with Gasteiger partial charge in [-0.1, -0.05) is 18.9 Å². The highest BCUT2D eigenvalue weighted by molar-refractivity contribution is 5.80. The molecule has 2 aliphatic carbocycles. The molecule has 1 aromatic heterocycles. The summed E-state index contributed by atoms with van der Waals surface area (Å²) in [6, 6.07) is 7.23. The Morgan fingerprint density at radius 1 is 1.24 bits per heavy atom. The highest BCUT2D eigenvalue weighted by Crippen LogP contribution is 2.54. The fraction of sp³-hybridized carbons (Fsp3) is 0.739. The Morgan fingerprint density at radius 3 is 2.66 bits per heavy atom. The highest BCUT2D eigenvalue weighted by Gasteiger charge is 2.57. The third-order valence-corrected chi connectivity index (χ3v) is 7.26. The fourth-order valence-electron chi connectivity index (χ4n) is 5.58. The predicted octanol–water partition coefficient (Wildman–Crippen LogP) is 3.26. The van der Waals surface area contributed by atoms with E-state index in [1.165, 1.54) is 25.7 Å². The number of ether oxygens (including phenoxy) is 1. The number of nitrogens with one attached hydrogen (secondary N) is 2. The zero-order chi connectivity index (χ0) is 20.3. The Bertz CT molecular complexity index is 707. The summed E-state index contributed by atoms with van der Waals surface area (Å²) < 4.78 is 6.06. The molecule has 3 fully saturated rings. The summed E-state index contributed by atoms with van der Waals surface area (Å²) in [5.74, 6) is 2.06. The number of anilines is 1. The average molecular weight is 400 g/mol. The zero-order valence-corrected chi connectivity index (χ0v) is 18.3. The van der Waals surface area contributed by atoms with Crippen LogP contribution in [0.25, 0.3) is 0 Å². The van der Waals surface area contributed by atoms with Gasteiger partial charge >= 0.3 is 0 Å². The summed E-state index contributed by atoms with van der Waals surface area (Å²) in [5, 5.41) is 7.45. The first kappa shape index (κ1) is 20.5. The molecule has 3 aliphatic rings. The first-order chi connectivity index (χ1) is 14.1. The average Bonchev–Trinajstić information content (AvgIpc) is 3.26. The maximum Gasteiger partial charge on any atom is 0.191 e. The monoisotopic (exact) mass is 399 g/mol. The topological polar surface area (TPSA) is 61.8 Å². The lowest BCUT2D eigenvalue weighted by Gasteiger charge is -2.54. The predicted molar refractivity (Wildman–Crippen MR) is 119 cm³/mol. The Morgan fingerprint density at radius 2 is 2.00 bits per heavy atom. The van der Waals surface area contributed by atoms with Gasteiger partial charge in [0, 0.05) is 49.9 Å². The van der Waals surface area contributed by atoms with E-state index >= 15 is 0 Å². The van der Waals surface area contributed by atoms with E-state index in [2.05, 4.69) is 57.6 Å². The van der Waals surface area contributed by atoms with Gasteiger partial charge in [-0.25, -0.2) is 4.98 Å². The molecule has 6 nitrogen and oxygen atoms in total. The van der Waals surface area contributed by atoms with Crippen molar-refractivity contribution in [3.05, 3.63) is 23.9 Å². The van der Waals surface area contributed by atoms with Crippen LogP contribution in [0, 0.1) is 12.3 Å². The van der Waals surface area contributed by atoms with Crippen LogP contribution in [-0.2, 0) is 4.74 Å². The number of nitrogens with zero attached hydrogens (tertiary/aromatic N) is 3. The SMILES string of the molecule is CCOC1CC(NC(=NC)NC2CCN(c3cccc(C)n3)CC2)C12CCCC2. The van der Waals surface area contributed by atoms with Crippen LogP contribution in [-0.4, -0.2) is 55.9 Å². The molecule has 1 saturated heterocycles. The molecule has 29 heavy (non-hydrogen) atoms. The van der Waals surface area contributed by atoms with Crippen LogP contribution in [0.15, 0.2) is 23.2 Å². The Kier molecular flexibility index (Phi) is 6.28. The van der Waals surface area contributed by atoms with E-state index < -0.39 is 0 Å². The van der Waals surface area contributed by atoms with E-state index in [0.29, 0.717) is 23.6 Å². The Labute approximate surface area is 175 Å². The van der Waals surface area contributed by atoms with Gasteiger partial charge in [0.1, 0.15) is 5.82 Å². The third-order valence-electron chi connectivity index (χ3n) is 7.26. The molecule has 1 aromatic rings. The standard InChI is InChI=1S/C23H37N5O/c1-4-29-20-16-19(23(20)12-5-6-13-23)27-22(24-3)26-18-10-14-28(15-11-18)21-9-7-8-17(2)25-21/h7-9,18-20H,4-6,10-16H2,1-3H3,(H2,24,26,27). The minimum absolute atomic E-state index is 0.327. The molecule has 2 heterocycles. The van der Waals surface area contributed by atoms with E-state index in [1.54, 1.807) is 0 Å². The van der Waals surface area contributed by atoms with Crippen LogP contribution in [0.3, 0.4) is 0 Å². The molecule has 4 rings (SSSR count). The highest BCUT2D eigenvalue weighted by atomic mass is 16.5. The van der Waals surface area contributed by atoms with E-state index in [0.717, 1.165) is 56.4 Å². The van der Waals surface area contributed by atoms with Crippen molar-refractivity contribution < 1.29 is 4.74 Å². The molecule has 2 atom stereocenters. The second-order valence-corrected chi connectivity index (χ2v) is 8.93. The number of aryl methyl sites for hydroxylation is 1. The van der Waals surface area contributed by atoms with E-state index in [9.17, 15) is 0 Å². The molecular formula is C23H37N5O. The van der Waals surface area contributed by atoms with Crippen LogP contribution in [0.5, 0.6) is 0 Å². The maximum atomic E-state index is 6.06. The minimum atomic E-state index is 0.327. The Hall–Kier alpha value is -1.82. The van der Waals surface area contributed by atoms with Crippen molar-refractivity contribution in [2.45, 2.75) is 77.0 Å². The molecule has 2 N–H and O–H groups in total. The molecule has 1 spiro atoms. The summed E-state index contributed by atoms with van der Waals surface area (Å²) in [5.41, 5.74) is 1.41. The third kappa shape index (κ3) is 4.23. The summed E-state index contributed by atoms with van der Waals surface area (Å²) in [6.45, 7) is 7.06. The number of hydrogen-bond donors (Lipinski definition) is 2. The van der Waals surface area contributed by atoms with Gasteiger partial charge < -0.3 is 20.3 Å². The van der Waals surface area contributed by atoms with Gasteiger partial charge in [-0.15, -0.1) is 0 Å². The molecule has 0 amide bonds. The fourth-order valence-corrected chi connectivity index (χ4v) is 5.58. The lowest BCUT2D eigenvalue weighted by Crippen LogP contribution is -2.65. The first-order valence-corrected chi connectivity index (χ1v) is 11.4. The molecule has 0 bridgehead atoms. The van der Waals surface area contributed by atoms with E-state index in [1.807, 2.05) is 7.05 Å². The van der Waals surface area contributed by atoms with Gasteiger partial charge in [-0.2, -0.15) is 0 Å². The number of aromatic nitrogens is 1. The van der Waals surface area contributed by atoms with E-state index in [-0.39, 0.29) is 0 Å². The van der Waals surface area contributed by atoms with Crippen molar-refractivity contribution in [3.8, 4) is 0 Å². The Balaban J connectivity index is 1.29. The van der Waals surface area contributed by atoms with Crippen LogP contribution in [0.4, 0.5) is 5.82 Å². The molecule has 160 valence electrons. The lowest BCUT2D eigenvalue weighted by molar-refractivity contribution is -0.125. The summed E-state index contributed by atoms with van der Waals surface area (Å²) in [4.78, 5) is 11.6. The van der Waals surface area contributed by atoms with Crippen molar-refractivity contribution in [1.82, 2.24) is 15.6 Å². The van der Waals surface area contributed by atoms with Crippen molar-refractivity contribution in [2.75, 3.05) is 31.6 Å². The summed E-state index contributed by atoms with van der Waals surface area (Å²) in [6.07, 6.45) is 8.98. The molecule has 2 saturated carbocycles. The number of aliphatic imine (C=N–C) groups is 1. The van der Waals surface area contributed by atoms with Crippen molar-refractivity contribution in [2.24, 2.45) is 10.4 Å². The quantitative estimate of drug-likeness (QED) is 0.588. The van der Waals surface area contributed by atoms with Gasteiger partial charge in [0.05, 0.1) is 6.10 Å². The van der Waals surface area contributed by atoms with Crippen molar-refractivity contribution in [1.29, 1.82) is 0 Å². The molecule has 2 unspecified atom stereocenters. The van der Waals surface area contributed by atoms with Crippen LogP contribution < -0.4 is 15.5 Å². The molecule has 6 heteroatoms. The molecule has 1 aliphatic heterocycles. The molecular weight excluding hydrogens is 362 g/mol. The second-order valence-electron chi connectivity index (χ2n) is 8.93. The minimum Gasteiger partial charge on any atom is -0.378 e. The zero-order valence-electron chi connectivity index (χ0n) is 18.3. The maximum absolute atomic E-state index is 6.06. The van der Waals surface area contributed by atoms with Crippen LogP contribution >= 0.6 is 0 Å². The number of hydrogen-bond acceptors (Lipinski definition) is 4. The number of rotatable bonds is 5. The van der Waals surface area contributed by atoms with Gasteiger partial charge in [0.15, 0.2) is 5.96 Å². The summed E-state index contributed by atoms with van der Waals surface area (Å²) >= 11 is 0. The normalized spacial score (nSPS) is 27.1. The smallest absolute Gasteiger partial charge is 0.191 e. The summed E-state index contributed by atoms with van der Waals surface area (Å²) in [7, 11) is 1.89. The van der Waals surface area contributed by atoms with E-state index in [4.69, 9.17) is 4.74 Å². The largest absolute Gasteiger partial charge is 0.378 e. The molecule has 0 aromatic carbocycles. The van der Waals surface area contributed by atoms with Crippen molar-refractivity contribution in [3.63, 3.8) is 0 Å². The van der Waals surface area contributed by atoms with Gasteiger partial charge in [0.2, 0.25) is 0 Å². The van der Waals surface area contributed by atoms with Crippen LogP contribution in [0.1, 0.15) is 57.6 Å². The number of guanidine groups is 1. The second kappa shape index (κ2) is 8.90. The van der Waals surface area contributed by atoms with Gasteiger partial charge in [-0.3, -0.25) is 4.99 Å². The first-order valence-electron chi connectivity index (χ1n) is 11.4. The van der Waals surface area contributed by atoms with Gasteiger partial charge in [0.25, 0.3) is 0 Å².